The Kier molecular flexibility index (Phi) is 6.30. The van der Waals surface area contributed by atoms with E-state index in [1.54, 1.807) is 25.0 Å². The van der Waals surface area contributed by atoms with Crippen LogP contribution in [-0.4, -0.2) is 71.7 Å². The molecular weight excluding hydrogens is 358 g/mol. The van der Waals surface area contributed by atoms with E-state index < -0.39 is 6.04 Å². The van der Waals surface area contributed by atoms with Crippen molar-refractivity contribution in [3.8, 4) is 5.75 Å². The number of ether oxygens (including phenoxy) is 1. The van der Waals surface area contributed by atoms with Gasteiger partial charge in [-0.15, -0.1) is 0 Å². The highest BCUT2D eigenvalue weighted by Crippen LogP contribution is 2.17. The van der Waals surface area contributed by atoms with Gasteiger partial charge in [0.05, 0.1) is 19.7 Å². The summed E-state index contributed by atoms with van der Waals surface area (Å²) in [6, 6.07) is 7.12. The molecule has 1 aliphatic heterocycles. The monoisotopic (exact) mass is 385 g/mol. The Bertz CT molecular complexity index is 827. The number of benzene rings is 1. The van der Waals surface area contributed by atoms with Gasteiger partial charge < -0.3 is 19.9 Å². The Morgan fingerprint density at radius 1 is 1.21 bits per heavy atom. The molecule has 1 atom stereocenters. The van der Waals surface area contributed by atoms with Crippen LogP contribution in [0.2, 0.25) is 0 Å². The summed E-state index contributed by atoms with van der Waals surface area (Å²) in [5, 5.41) is 7.21. The number of aryl methyl sites for hydroxylation is 1. The van der Waals surface area contributed by atoms with Gasteiger partial charge in [0.2, 0.25) is 11.8 Å². The lowest BCUT2D eigenvalue weighted by molar-refractivity contribution is -0.140. The number of aromatic nitrogens is 2. The number of amides is 2. The van der Waals surface area contributed by atoms with Crippen molar-refractivity contribution in [3.05, 3.63) is 47.8 Å². The first-order valence-corrected chi connectivity index (χ1v) is 9.37. The zero-order valence-electron chi connectivity index (χ0n) is 16.6. The number of hydrogen-bond donors (Lipinski definition) is 1. The van der Waals surface area contributed by atoms with Crippen molar-refractivity contribution < 1.29 is 14.3 Å². The molecule has 2 amide bonds. The van der Waals surface area contributed by atoms with Gasteiger partial charge in [0.15, 0.2) is 0 Å². The molecule has 8 nitrogen and oxygen atoms in total. The molecule has 0 bridgehead atoms. The average Bonchev–Trinajstić information content (AvgIpc) is 3.14. The lowest BCUT2D eigenvalue weighted by atomic mass is 10.1. The minimum Gasteiger partial charge on any atom is -0.497 e. The van der Waals surface area contributed by atoms with Crippen LogP contribution in [0.4, 0.5) is 0 Å². The van der Waals surface area contributed by atoms with Gasteiger partial charge >= 0.3 is 0 Å². The summed E-state index contributed by atoms with van der Waals surface area (Å²) < 4.78 is 6.90. The molecular formula is C20H27N5O3. The summed E-state index contributed by atoms with van der Waals surface area (Å²) in [6.07, 6.45) is 3.87. The minimum absolute atomic E-state index is 0.00962. The number of piperazine rings is 1. The number of carbonyl (C=O) groups is 2. The molecule has 0 radical (unpaired) electrons. The maximum absolute atomic E-state index is 12.9. The van der Waals surface area contributed by atoms with Crippen molar-refractivity contribution in [3.63, 3.8) is 0 Å². The highest BCUT2D eigenvalue weighted by molar-refractivity contribution is 5.84. The summed E-state index contributed by atoms with van der Waals surface area (Å²) in [4.78, 5) is 29.1. The van der Waals surface area contributed by atoms with E-state index in [-0.39, 0.29) is 11.8 Å². The van der Waals surface area contributed by atoms with Gasteiger partial charge in [0, 0.05) is 45.0 Å². The highest BCUT2D eigenvalue weighted by atomic mass is 16.5. The molecule has 150 valence electrons. The number of likely N-dealkylation sites (N-methyl/N-ethyl adjacent to an activating group) is 1. The standard InChI is InChI=1S/C20H27N5O3/c1-21-19(16-13-22-23(2)14-16)20(27)25-9-7-24(8-10-25)18(26)12-15-5-4-6-17(11-15)28-3/h4-6,11,13-14,19,21H,7-10,12H2,1-3H3. The third-order valence-corrected chi connectivity index (χ3v) is 5.03. The highest BCUT2D eigenvalue weighted by Gasteiger charge is 2.29. The van der Waals surface area contributed by atoms with Crippen molar-refractivity contribution in [1.82, 2.24) is 24.9 Å². The summed E-state index contributed by atoms with van der Waals surface area (Å²) in [5.74, 6) is 0.822. The van der Waals surface area contributed by atoms with Crippen LogP contribution >= 0.6 is 0 Å². The largest absolute Gasteiger partial charge is 0.497 e. The second kappa shape index (κ2) is 8.88. The Labute approximate surface area is 165 Å². The Morgan fingerprint density at radius 3 is 2.54 bits per heavy atom. The zero-order valence-corrected chi connectivity index (χ0v) is 16.6. The summed E-state index contributed by atoms with van der Waals surface area (Å²) in [5.41, 5.74) is 1.77. The van der Waals surface area contributed by atoms with Crippen molar-refractivity contribution in [1.29, 1.82) is 0 Å². The first-order chi connectivity index (χ1) is 13.5. The van der Waals surface area contributed by atoms with E-state index in [9.17, 15) is 9.59 Å². The van der Waals surface area contributed by atoms with Crippen LogP contribution < -0.4 is 10.1 Å². The van der Waals surface area contributed by atoms with Crippen molar-refractivity contribution in [2.24, 2.45) is 7.05 Å². The first-order valence-electron chi connectivity index (χ1n) is 9.37. The summed E-state index contributed by atoms with van der Waals surface area (Å²) in [7, 11) is 5.21. The van der Waals surface area contributed by atoms with Crippen LogP contribution in [0.15, 0.2) is 36.7 Å². The van der Waals surface area contributed by atoms with Gasteiger partial charge in [-0.3, -0.25) is 14.3 Å². The number of rotatable bonds is 6. The topological polar surface area (TPSA) is 79.7 Å². The lowest BCUT2D eigenvalue weighted by Gasteiger charge is -2.36. The second-order valence-corrected chi connectivity index (χ2v) is 6.90. The molecule has 3 rings (SSSR count). The predicted molar refractivity (Wildman–Crippen MR) is 105 cm³/mol. The molecule has 1 aromatic carbocycles. The molecule has 0 aliphatic carbocycles. The van der Waals surface area contributed by atoms with Crippen LogP contribution in [0, 0.1) is 0 Å². The predicted octanol–water partition coefficient (Wildman–Crippen LogP) is 0.603. The molecule has 8 heteroatoms. The molecule has 1 aliphatic rings. The van der Waals surface area contributed by atoms with Crippen LogP contribution in [0.5, 0.6) is 5.75 Å². The third-order valence-electron chi connectivity index (χ3n) is 5.03. The van der Waals surface area contributed by atoms with E-state index in [0.717, 1.165) is 16.9 Å². The normalized spacial score (nSPS) is 15.4. The number of hydrogen-bond acceptors (Lipinski definition) is 5. The Morgan fingerprint density at radius 2 is 1.93 bits per heavy atom. The number of nitrogens with one attached hydrogen (secondary N) is 1. The quantitative estimate of drug-likeness (QED) is 0.788. The number of methoxy groups -OCH3 is 1. The molecule has 1 unspecified atom stereocenters. The molecule has 1 aromatic heterocycles. The van der Waals surface area contributed by atoms with E-state index in [4.69, 9.17) is 4.74 Å². The van der Waals surface area contributed by atoms with Crippen LogP contribution in [0.1, 0.15) is 17.2 Å². The van der Waals surface area contributed by atoms with Crippen molar-refractivity contribution >= 4 is 11.8 Å². The SMILES string of the molecule is CNC(C(=O)N1CCN(C(=O)Cc2cccc(OC)c2)CC1)c1cnn(C)c1. The minimum atomic E-state index is -0.423. The van der Waals surface area contributed by atoms with Gasteiger partial charge in [0.25, 0.3) is 0 Å². The average molecular weight is 385 g/mol. The van der Waals surface area contributed by atoms with Gasteiger partial charge in [-0.1, -0.05) is 12.1 Å². The fraction of sp³-hybridized carbons (Fsp3) is 0.450. The van der Waals surface area contributed by atoms with E-state index in [1.165, 1.54) is 0 Å². The van der Waals surface area contributed by atoms with Gasteiger partial charge in [-0.25, -0.2) is 0 Å². The third kappa shape index (κ3) is 4.51. The Hall–Kier alpha value is -2.87. The van der Waals surface area contributed by atoms with E-state index in [0.29, 0.717) is 32.6 Å². The number of nitrogens with zero attached hydrogens (tertiary/aromatic N) is 4. The van der Waals surface area contributed by atoms with E-state index >= 15 is 0 Å². The van der Waals surface area contributed by atoms with Gasteiger partial charge in [0.1, 0.15) is 11.8 Å². The lowest BCUT2D eigenvalue weighted by Crippen LogP contribution is -2.53. The van der Waals surface area contributed by atoms with Crippen LogP contribution in [0.25, 0.3) is 0 Å². The summed E-state index contributed by atoms with van der Waals surface area (Å²) in [6.45, 7) is 2.14. The maximum Gasteiger partial charge on any atom is 0.244 e. The molecule has 0 spiro atoms. The number of carbonyl (C=O) groups excluding carboxylic acids is 2. The second-order valence-electron chi connectivity index (χ2n) is 6.90. The van der Waals surface area contributed by atoms with Crippen molar-refractivity contribution in [2.45, 2.75) is 12.5 Å². The molecule has 1 fully saturated rings. The van der Waals surface area contributed by atoms with Crippen LogP contribution in [0.3, 0.4) is 0 Å². The molecule has 1 N–H and O–H groups in total. The molecule has 28 heavy (non-hydrogen) atoms. The fourth-order valence-electron chi connectivity index (χ4n) is 3.45. The summed E-state index contributed by atoms with van der Waals surface area (Å²) >= 11 is 0. The van der Waals surface area contributed by atoms with Gasteiger partial charge in [-0.05, 0) is 24.7 Å². The zero-order chi connectivity index (χ0) is 20.1. The molecule has 1 saturated heterocycles. The molecule has 2 aromatic rings. The molecule has 2 heterocycles. The maximum atomic E-state index is 12.9. The molecule has 0 saturated carbocycles. The van der Waals surface area contributed by atoms with E-state index in [1.807, 2.05) is 47.3 Å². The fourth-order valence-corrected chi connectivity index (χ4v) is 3.45. The first kappa shape index (κ1) is 19.9. The van der Waals surface area contributed by atoms with E-state index in [2.05, 4.69) is 10.4 Å². The smallest absolute Gasteiger partial charge is 0.244 e. The van der Waals surface area contributed by atoms with Gasteiger partial charge in [-0.2, -0.15) is 5.10 Å². The van der Waals surface area contributed by atoms with Crippen LogP contribution in [-0.2, 0) is 23.1 Å². The van der Waals surface area contributed by atoms with Crippen molar-refractivity contribution in [2.75, 3.05) is 40.3 Å². The Balaban J connectivity index is 1.55.